The summed E-state index contributed by atoms with van der Waals surface area (Å²) in [5, 5.41) is 14.6. The number of anilines is 1. The summed E-state index contributed by atoms with van der Waals surface area (Å²) in [7, 11) is 0. The molecule has 0 spiro atoms. The summed E-state index contributed by atoms with van der Waals surface area (Å²) < 4.78 is 0. The third-order valence-corrected chi connectivity index (χ3v) is 2.08. The Hall–Kier alpha value is -1.33. The molecule has 1 aromatic carbocycles. The van der Waals surface area contributed by atoms with E-state index in [1.165, 1.54) is 13.0 Å². The van der Waals surface area contributed by atoms with E-state index < -0.39 is 4.92 Å². The second kappa shape index (κ2) is 4.95. The molecule has 1 N–H and O–H groups in total. The molecule has 15 heavy (non-hydrogen) atoms. The van der Waals surface area contributed by atoms with Crippen LogP contribution in [-0.2, 0) is 0 Å². The molecule has 0 atom stereocenters. The topological polar surface area (TPSA) is 67.5 Å². The fraction of sp³-hybridized carbons (Fsp3) is 0.125. The van der Waals surface area contributed by atoms with Gasteiger partial charge in [-0.1, -0.05) is 23.2 Å². The minimum atomic E-state index is -0.600. The lowest BCUT2D eigenvalue weighted by molar-refractivity contribution is -0.351. The van der Waals surface area contributed by atoms with Crippen LogP contribution in [0, 0.1) is 10.1 Å². The molecule has 0 radical (unpaired) electrons. The van der Waals surface area contributed by atoms with Gasteiger partial charge < -0.3 is 10.1 Å². The summed E-state index contributed by atoms with van der Waals surface area (Å²) >= 11 is 11.5. The monoisotopic (exact) mass is 247 g/mol. The predicted octanol–water partition coefficient (Wildman–Crippen LogP) is 3.02. The number of hydrazone groups is 1. The average molecular weight is 248 g/mol. The molecular formula is C8H7Cl2N3O2. The molecule has 0 fully saturated rings. The normalized spacial score (nSPS) is 11.3. The van der Waals surface area contributed by atoms with Crippen LogP contribution in [0.4, 0.5) is 5.69 Å². The highest BCUT2D eigenvalue weighted by molar-refractivity contribution is 6.36. The molecule has 1 rings (SSSR count). The van der Waals surface area contributed by atoms with Crippen molar-refractivity contribution in [1.29, 1.82) is 0 Å². The van der Waals surface area contributed by atoms with Gasteiger partial charge in [0, 0.05) is 11.9 Å². The highest BCUT2D eigenvalue weighted by Crippen LogP contribution is 2.25. The molecule has 0 bridgehead atoms. The molecular weight excluding hydrogens is 241 g/mol. The van der Waals surface area contributed by atoms with Crippen molar-refractivity contribution in [3.63, 3.8) is 0 Å². The summed E-state index contributed by atoms with van der Waals surface area (Å²) in [6.07, 6.45) is 0. The molecule has 1 aromatic rings. The van der Waals surface area contributed by atoms with Crippen molar-refractivity contribution >= 4 is 34.7 Å². The van der Waals surface area contributed by atoms with Crippen LogP contribution in [0.15, 0.2) is 23.3 Å². The summed E-state index contributed by atoms with van der Waals surface area (Å²) in [5.41, 5.74) is 2.94. The van der Waals surface area contributed by atoms with Gasteiger partial charge in [0.1, 0.15) is 0 Å². The number of hydrogen-bond donors (Lipinski definition) is 1. The van der Waals surface area contributed by atoms with Crippen molar-refractivity contribution in [2.24, 2.45) is 5.10 Å². The van der Waals surface area contributed by atoms with Crippen molar-refractivity contribution < 1.29 is 4.92 Å². The van der Waals surface area contributed by atoms with Crippen molar-refractivity contribution in [3.05, 3.63) is 38.4 Å². The summed E-state index contributed by atoms with van der Waals surface area (Å²) in [4.78, 5) is 9.64. The molecule has 0 saturated carbocycles. The fourth-order valence-corrected chi connectivity index (χ4v) is 1.21. The van der Waals surface area contributed by atoms with Crippen LogP contribution in [0.5, 0.6) is 0 Å². The summed E-state index contributed by atoms with van der Waals surface area (Å²) in [5.74, 6) is -0.249. The van der Waals surface area contributed by atoms with E-state index >= 15 is 0 Å². The molecule has 5 nitrogen and oxygen atoms in total. The number of nitro groups is 1. The van der Waals surface area contributed by atoms with E-state index in [1.807, 2.05) is 0 Å². The lowest BCUT2D eigenvalue weighted by atomic mass is 10.3. The van der Waals surface area contributed by atoms with E-state index in [1.54, 1.807) is 12.1 Å². The van der Waals surface area contributed by atoms with Gasteiger partial charge in [-0.2, -0.15) is 5.43 Å². The van der Waals surface area contributed by atoms with E-state index in [9.17, 15) is 10.1 Å². The summed E-state index contributed by atoms with van der Waals surface area (Å²) in [6, 6.07) is 4.70. The Labute approximate surface area is 95.8 Å². The Bertz CT molecular complexity index is 420. The number of hydrogen-bond acceptors (Lipinski definition) is 4. The first-order valence-corrected chi connectivity index (χ1v) is 4.66. The first-order chi connectivity index (χ1) is 7.00. The molecule has 0 aromatic heterocycles. The van der Waals surface area contributed by atoms with E-state index in [0.717, 1.165) is 0 Å². The zero-order valence-electron chi connectivity index (χ0n) is 7.70. The van der Waals surface area contributed by atoms with E-state index in [-0.39, 0.29) is 5.84 Å². The maximum absolute atomic E-state index is 10.2. The fourth-order valence-electron chi connectivity index (χ4n) is 0.762. The number of halogens is 2. The van der Waals surface area contributed by atoms with Gasteiger partial charge in [0.15, 0.2) is 0 Å². The minimum absolute atomic E-state index is 0.249. The Morgan fingerprint density at radius 2 is 2.20 bits per heavy atom. The molecule has 7 heteroatoms. The smallest absolute Gasteiger partial charge is 0.358 e. The first kappa shape index (κ1) is 11.7. The van der Waals surface area contributed by atoms with Crippen molar-refractivity contribution in [1.82, 2.24) is 0 Å². The Kier molecular flexibility index (Phi) is 3.88. The van der Waals surface area contributed by atoms with Crippen LogP contribution in [0.25, 0.3) is 0 Å². The molecule has 0 amide bonds. The highest BCUT2D eigenvalue weighted by Gasteiger charge is 2.06. The summed E-state index contributed by atoms with van der Waals surface area (Å²) in [6.45, 7) is 1.27. The third-order valence-electron chi connectivity index (χ3n) is 1.53. The number of nitrogens with one attached hydrogen (secondary N) is 1. The van der Waals surface area contributed by atoms with Gasteiger partial charge in [0.2, 0.25) is 0 Å². The second-order valence-electron chi connectivity index (χ2n) is 2.65. The Morgan fingerprint density at radius 3 is 2.73 bits per heavy atom. The quantitative estimate of drug-likeness (QED) is 0.378. The maximum Gasteiger partial charge on any atom is 0.360 e. The number of nitrogens with zero attached hydrogens (tertiary/aromatic N) is 2. The molecule has 0 unspecified atom stereocenters. The minimum Gasteiger partial charge on any atom is -0.358 e. The van der Waals surface area contributed by atoms with Crippen molar-refractivity contribution in [2.45, 2.75) is 6.92 Å². The van der Waals surface area contributed by atoms with Crippen molar-refractivity contribution in [3.8, 4) is 0 Å². The third kappa shape index (κ3) is 3.38. The standard InChI is InChI=1S/C8H7Cl2N3O2/c1-5(13(14)15)11-12-8-3-2-6(9)4-7(8)10/h2-4,12H,1H3/b11-5+. The van der Waals surface area contributed by atoms with Gasteiger partial charge in [-0.15, -0.1) is 0 Å². The van der Waals surface area contributed by atoms with E-state index in [0.29, 0.717) is 15.7 Å². The van der Waals surface area contributed by atoms with Crippen molar-refractivity contribution in [2.75, 3.05) is 5.43 Å². The second-order valence-corrected chi connectivity index (χ2v) is 3.50. The molecule has 0 aliphatic rings. The molecule has 80 valence electrons. The maximum atomic E-state index is 10.2. The molecule has 0 aliphatic carbocycles. The van der Waals surface area contributed by atoms with Gasteiger partial charge in [-0.25, -0.2) is 0 Å². The van der Waals surface area contributed by atoms with Gasteiger partial charge in [-0.3, -0.25) is 0 Å². The van der Waals surface area contributed by atoms with Gasteiger partial charge in [0.05, 0.1) is 15.8 Å². The average Bonchev–Trinajstić information content (AvgIpc) is 2.15. The molecule has 0 heterocycles. The highest BCUT2D eigenvalue weighted by atomic mass is 35.5. The Morgan fingerprint density at radius 1 is 1.53 bits per heavy atom. The zero-order chi connectivity index (χ0) is 11.4. The zero-order valence-corrected chi connectivity index (χ0v) is 9.21. The lowest BCUT2D eigenvalue weighted by Gasteiger charge is -1.99. The largest absolute Gasteiger partial charge is 0.360 e. The van der Waals surface area contributed by atoms with Crippen LogP contribution in [0.2, 0.25) is 10.0 Å². The van der Waals surface area contributed by atoms with Gasteiger partial charge in [0.25, 0.3) is 0 Å². The first-order valence-electron chi connectivity index (χ1n) is 3.90. The van der Waals surface area contributed by atoms with Crippen LogP contribution in [-0.4, -0.2) is 10.8 Å². The number of amidine groups is 1. The van der Waals surface area contributed by atoms with Gasteiger partial charge in [-0.05, 0) is 23.1 Å². The Balaban J connectivity index is 2.82. The number of benzene rings is 1. The lowest BCUT2D eigenvalue weighted by Crippen LogP contribution is -2.08. The van der Waals surface area contributed by atoms with Crippen LogP contribution >= 0.6 is 23.2 Å². The molecule has 0 aliphatic heterocycles. The van der Waals surface area contributed by atoms with E-state index in [2.05, 4.69) is 10.5 Å². The van der Waals surface area contributed by atoms with Crippen LogP contribution in [0.3, 0.4) is 0 Å². The van der Waals surface area contributed by atoms with E-state index in [4.69, 9.17) is 23.2 Å². The van der Waals surface area contributed by atoms with Gasteiger partial charge >= 0.3 is 5.84 Å². The number of rotatable bonds is 2. The predicted molar refractivity (Wildman–Crippen MR) is 60.2 cm³/mol. The van der Waals surface area contributed by atoms with Crippen LogP contribution in [0.1, 0.15) is 6.92 Å². The SMILES string of the molecule is C/C(=N\Nc1ccc(Cl)cc1Cl)[N+](=O)[O-]. The molecule has 0 saturated heterocycles. The van der Waals surface area contributed by atoms with Crippen LogP contribution < -0.4 is 5.43 Å².